The van der Waals surface area contributed by atoms with Crippen LogP contribution in [-0.2, 0) is 4.74 Å². The molecule has 0 radical (unpaired) electrons. The second-order valence-corrected chi connectivity index (χ2v) is 3.84. The quantitative estimate of drug-likeness (QED) is 0.636. The summed E-state index contributed by atoms with van der Waals surface area (Å²) in [4.78, 5) is 10.6. The molecule has 0 aromatic rings. The molecule has 2 unspecified atom stereocenters. The summed E-state index contributed by atoms with van der Waals surface area (Å²) in [5.74, 6) is 0. The molecule has 0 aliphatic heterocycles. The lowest BCUT2D eigenvalue weighted by atomic mass is 9.64. The van der Waals surface area contributed by atoms with Crippen molar-refractivity contribution in [3.8, 4) is 0 Å². The van der Waals surface area contributed by atoms with Crippen LogP contribution >= 0.6 is 0 Å². The Morgan fingerprint density at radius 1 is 1.67 bits per heavy atom. The lowest BCUT2D eigenvalue weighted by molar-refractivity contribution is -0.0933. The van der Waals surface area contributed by atoms with E-state index in [-0.39, 0.29) is 17.6 Å². The lowest BCUT2D eigenvalue weighted by Crippen LogP contribution is -2.62. The highest BCUT2D eigenvalue weighted by Crippen LogP contribution is 2.42. The monoisotopic (exact) mass is 172 g/mol. The number of nitrogens with one attached hydrogen (secondary N) is 1. The van der Waals surface area contributed by atoms with Crippen LogP contribution < -0.4 is 11.1 Å². The van der Waals surface area contributed by atoms with Gasteiger partial charge in [-0.1, -0.05) is 13.8 Å². The standard InChI is InChI=1S/C8H16N2O2/c1-8(2)5(10-7(9)11)4-6(8)12-3/h5-6H,4H2,1-3H3,(H3,9,10,11). The van der Waals surface area contributed by atoms with Crippen LogP contribution in [0.1, 0.15) is 20.3 Å². The van der Waals surface area contributed by atoms with Crippen LogP contribution in [0.5, 0.6) is 0 Å². The summed E-state index contributed by atoms with van der Waals surface area (Å²) in [5, 5.41) is 2.69. The Hall–Kier alpha value is -0.770. The predicted octanol–water partition coefficient (Wildman–Crippen LogP) is 0.468. The Labute approximate surface area is 72.5 Å². The van der Waals surface area contributed by atoms with Gasteiger partial charge in [0.05, 0.1) is 6.10 Å². The fourth-order valence-corrected chi connectivity index (χ4v) is 1.70. The third kappa shape index (κ3) is 1.39. The van der Waals surface area contributed by atoms with E-state index >= 15 is 0 Å². The van der Waals surface area contributed by atoms with Gasteiger partial charge in [0.25, 0.3) is 0 Å². The van der Waals surface area contributed by atoms with Crippen molar-refractivity contribution in [2.45, 2.75) is 32.4 Å². The Bertz CT molecular complexity index is 191. The van der Waals surface area contributed by atoms with E-state index in [1.165, 1.54) is 0 Å². The minimum atomic E-state index is -0.456. The first kappa shape index (κ1) is 9.32. The summed E-state index contributed by atoms with van der Waals surface area (Å²) in [6.07, 6.45) is 1.08. The molecule has 2 amide bonds. The highest BCUT2D eigenvalue weighted by Gasteiger charge is 2.48. The fourth-order valence-electron chi connectivity index (χ4n) is 1.70. The molecule has 1 rings (SSSR count). The van der Waals surface area contributed by atoms with Gasteiger partial charge in [-0.3, -0.25) is 0 Å². The number of amides is 2. The van der Waals surface area contributed by atoms with E-state index in [9.17, 15) is 4.79 Å². The van der Waals surface area contributed by atoms with Crippen LogP contribution in [0, 0.1) is 5.41 Å². The van der Waals surface area contributed by atoms with Crippen molar-refractivity contribution in [2.75, 3.05) is 7.11 Å². The molecular weight excluding hydrogens is 156 g/mol. The maximum Gasteiger partial charge on any atom is 0.312 e. The highest BCUT2D eigenvalue weighted by atomic mass is 16.5. The largest absolute Gasteiger partial charge is 0.381 e. The van der Waals surface area contributed by atoms with Gasteiger partial charge >= 0.3 is 6.03 Å². The minimum Gasteiger partial charge on any atom is -0.381 e. The first-order chi connectivity index (χ1) is 5.48. The molecule has 0 saturated heterocycles. The summed E-state index contributed by atoms with van der Waals surface area (Å²) >= 11 is 0. The van der Waals surface area contributed by atoms with Crippen molar-refractivity contribution in [3.05, 3.63) is 0 Å². The van der Waals surface area contributed by atoms with Crippen LogP contribution in [-0.4, -0.2) is 25.3 Å². The van der Waals surface area contributed by atoms with Gasteiger partial charge < -0.3 is 15.8 Å². The van der Waals surface area contributed by atoms with Crippen molar-refractivity contribution in [2.24, 2.45) is 11.1 Å². The molecule has 2 atom stereocenters. The van der Waals surface area contributed by atoms with Crippen LogP contribution in [0.15, 0.2) is 0 Å². The summed E-state index contributed by atoms with van der Waals surface area (Å²) in [6, 6.07) is -0.303. The summed E-state index contributed by atoms with van der Waals surface area (Å²) in [7, 11) is 1.69. The number of carbonyl (C=O) groups excluding carboxylic acids is 1. The summed E-state index contributed by atoms with van der Waals surface area (Å²) in [5.41, 5.74) is 5.02. The molecule has 3 N–H and O–H groups in total. The van der Waals surface area contributed by atoms with Crippen LogP contribution in [0.3, 0.4) is 0 Å². The van der Waals surface area contributed by atoms with E-state index in [2.05, 4.69) is 19.2 Å². The molecule has 0 spiro atoms. The molecular formula is C8H16N2O2. The maximum absolute atomic E-state index is 10.6. The molecule has 0 aromatic carbocycles. The number of methoxy groups -OCH3 is 1. The molecule has 0 bridgehead atoms. The van der Waals surface area contributed by atoms with Crippen LogP contribution in [0.25, 0.3) is 0 Å². The second-order valence-electron chi connectivity index (χ2n) is 3.84. The molecule has 1 aliphatic rings. The molecule has 0 aromatic heterocycles. The number of hydrogen-bond donors (Lipinski definition) is 2. The molecule has 1 saturated carbocycles. The molecule has 4 heteroatoms. The molecule has 12 heavy (non-hydrogen) atoms. The first-order valence-corrected chi connectivity index (χ1v) is 4.07. The number of urea groups is 1. The SMILES string of the molecule is COC1CC(NC(N)=O)C1(C)C. The average Bonchev–Trinajstić information content (AvgIpc) is 1.96. The number of rotatable bonds is 2. The van der Waals surface area contributed by atoms with Gasteiger partial charge in [0.15, 0.2) is 0 Å². The van der Waals surface area contributed by atoms with E-state index in [0.717, 1.165) is 6.42 Å². The maximum atomic E-state index is 10.6. The third-order valence-electron chi connectivity index (χ3n) is 2.78. The molecule has 4 nitrogen and oxygen atoms in total. The zero-order valence-corrected chi connectivity index (χ0v) is 7.76. The fraction of sp³-hybridized carbons (Fsp3) is 0.875. The average molecular weight is 172 g/mol. The van der Waals surface area contributed by atoms with E-state index in [4.69, 9.17) is 10.5 Å². The summed E-state index contributed by atoms with van der Waals surface area (Å²) in [6.45, 7) is 4.12. The zero-order chi connectivity index (χ0) is 9.35. The molecule has 1 aliphatic carbocycles. The molecule has 0 heterocycles. The van der Waals surface area contributed by atoms with Gasteiger partial charge in [-0.2, -0.15) is 0 Å². The zero-order valence-electron chi connectivity index (χ0n) is 7.76. The summed E-state index contributed by atoms with van der Waals surface area (Å²) < 4.78 is 5.22. The van der Waals surface area contributed by atoms with Gasteiger partial charge in [-0.25, -0.2) is 4.79 Å². The van der Waals surface area contributed by atoms with Crippen LogP contribution in [0.2, 0.25) is 0 Å². The Balaban J connectivity index is 2.47. The second kappa shape index (κ2) is 2.94. The van der Waals surface area contributed by atoms with Gasteiger partial charge in [0.2, 0.25) is 0 Å². The lowest BCUT2D eigenvalue weighted by Gasteiger charge is -2.50. The van der Waals surface area contributed by atoms with Crippen molar-refractivity contribution in [1.82, 2.24) is 5.32 Å². The number of ether oxygens (including phenoxy) is 1. The van der Waals surface area contributed by atoms with Gasteiger partial charge in [0.1, 0.15) is 0 Å². The van der Waals surface area contributed by atoms with Gasteiger partial charge in [0, 0.05) is 18.6 Å². The van der Waals surface area contributed by atoms with E-state index < -0.39 is 6.03 Å². The predicted molar refractivity (Wildman–Crippen MR) is 45.7 cm³/mol. The van der Waals surface area contributed by atoms with Crippen molar-refractivity contribution >= 4 is 6.03 Å². The van der Waals surface area contributed by atoms with Crippen LogP contribution in [0.4, 0.5) is 4.79 Å². The minimum absolute atomic E-state index is 0.00375. The van der Waals surface area contributed by atoms with E-state index in [0.29, 0.717) is 0 Å². The number of nitrogens with two attached hydrogens (primary N) is 1. The smallest absolute Gasteiger partial charge is 0.312 e. The Morgan fingerprint density at radius 3 is 2.58 bits per heavy atom. The van der Waals surface area contributed by atoms with Gasteiger partial charge in [-0.15, -0.1) is 0 Å². The number of primary amides is 1. The Morgan fingerprint density at radius 2 is 2.25 bits per heavy atom. The first-order valence-electron chi connectivity index (χ1n) is 4.07. The third-order valence-corrected chi connectivity index (χ3v) is 2.78. The van der Waals surface area contributed by atoms with Crippen molar-refractivity contribution < 1.29 is 9.53 Å². The van der Waals surface area contributed by atoms with Gasteiger partial charge in [-0.05, 0) is 6.42 Å². The topological polar surface area (TPSA) is 64.3 Å². The number of carbonyl (C=O) groups is 1. The van der Waals surface area contributed by atoms with Crippen molar-refractivity contribution in [3.63, 3.8) is 0 Å². The van der Waals surface area contributed by atoms with E-state index in [1.807, 2.05) is 0 Å². The Kier molecular flexibility index (Phi) is 2.28. The number of hydrogen-bond acceptors (Lipinski definition) is 2. The highest BCUT2D eigenvalue weighted by molar-refractivity contribution is 5.72. The van der Waals surface area contributed by atoms with E-state index in [1.54, 1.807) is 7.11 Å². The normalized spacial score (nSPS) is 32.2. The molecule has 70 valence electrons. The molecule has 1 fully saturated rings. The van der Waals surface area contributed by atoms with Crippen molar-refractivity contribution in [1.29, 1.82) is 0 Å².